The number of ether oxygens (including phenoxy) is 1. The average molecular weight is 439 g/mol. The zero-order valence-corrected chi connectivity index (χ0v) is 17.0. The largest absolute Gasteiger partial charge is 0.497 e. The van der Waals surface area contributed by atoms with Gasteiger partial charge in [0.05, 0.1) is 18.2 Å². The summed E-state index contributed by atoms with van der Waals surface area (Å²) >= 11 is 0. The highest BCUT2D eigenvalue weighted by Gasteiger charge is 2.45. The zero-order chi connectivity index (χ0) is 22.6. The molecule has 1 amide bonds. The number of aliphatic carboxylic acids is 1. The molecule has 1 atom stereocenters. The number of aromatic nitrogens is 1. The van der Waals surface area contributed by atoms with Crippen molar-refractivity contribution < 1.29 is 32.6 Å². The molecular formula is C21H24F3N3O4. The molecule has 7 nitrogen and oxygen atoms in total. The fourth-order valence-electron chi connectivity index (χ4n) is 4.30. The monoisotopic (exact) mass is 439 g/mol. The lowest BCUT2D eigenvalue weighted by Crippen LogP contribution is -2.53. The third-order valence-corrected chi connectivity index (χ3v) is 5.82. The van der Waals surface area contributed by atoms with Gasteiger partial charge in [-0.05, 0) is 44.0 Å². The van der Waals surface area contributed by atoms with Crippen molar-refractivity contribution in [3.05, 3.63) is 36.0 Å². The number of hydrogen-bond donors (Lipinski definition) is 3. The van der Waals surface area contributed by atoms with Gasteiger partial charge in [0.25, 0.3) is 5.91 Å². The van der Waals surface area contributed by atoms with Gasteiger partial charge in [-0.2, -0.15) is 13.2 Å². The second kappa shape index (κ2) is 9.09. The molecule has 0 radical (unpaired) electrons. The Morgan fingerprint density at radius 1 is 1.26 bits per heavy atom. The molecule has 2 aromatic rings. The van der Waals surface area contributed by atoms with E-state index in [1.807, 2.05) is 18.2 Å². The van der Waals surface area contributed by atoms with Gasteiger partial charge in [-0.1, -0.05) is 12.8 Å². The second-order valence-corrected chi connectivity index (χ2v) is 7.65. The topological polar surface area (TPSA) is 101 Å². The number of nitrogens with zero attached hydrogens (tertiary/aromatic N) is 1. The van der Waals surface area contributed by atoms with E-state index in [0.29, 0.717) is 5.56 Å². The van der Waals surface area contributed by atoms with Gasteiger partial charge in [0, 0.05) is 29.2 Å². The van der Waals surface area contributed by atoms with E-state index in [1.165, 1.54) is 12.8 Å². The van der Waals surface area contributed by atoms with E-state index >= 15 is 0 Å². The molecule has 1 saturated carbocycles. The number of fused-ring (bicyclic) bond motifs is 1. The fourth-order valence-corrected chi connectivity index (χ4v) is 4.30. The highest BCUT2D eigenvalue weighted by atomic mass is 19.4. The highest BCUT2D eigenvalue weighted by molar-refractivity contribution is 6.06. The first-order valence-corrected chi connectivity index (χ1v) is 9.95. The Bertz CT molecular complexity index is 953. The van der Waals surface area contributed by atoms with Crippen molar-refractivity contribution >= 4 is 22.8 Å². The molecule has 1 aliphatic heterocycles. The Labute approximate surface area is 177 Å². The summed E-state index contributed by atoms with van der Waals surface area (Å²) in [6.45, 7) is 0.985. The maximum Gasteiger partial charge on any atom is 0.490 e. The van der Waals surface area contributed by atoms with Crippen molar-refractivity contribution in [2.24, 2.45) is 0 Å². The molecule has 31 heavy (non-hydrogen) atoms. The van der Waals surface area contributed by atoms with Gasteiger partial charge in [-0.25, -0.2) is 4.79 Å². The first-order chi connectivity index (χ1) is 14.7. The molecule has 1 aromatic carbocycles. The van der Waals surface area contributed by atoms with Gasteiger partial charge in [0.2, 0.25) is 0 Å². The number of amides is 1. The van der Waals surface area contributed by atoms with Gasteiger partial charge >= 0.3 is 12.1 Å². The molecular weight excluding hydrogens is 415 g/mol. The van der Waals surface area contributed by atoms with E-state index in [-0.39, 0.29) is 17.5 Å². The Morgan fingerprint density at radius 3 is 2.55 bits per heavy atom. The van der Waals surface area contributed by atoms with Gasteiger partial charge < -0.3 is 20.5 Å². The van der Waals surface area contributed by atoms with Crippen LogP contribution in [-0.4, -0.2) is 53.4 Å². The molecule has 1 unspecified atom stereocenters. The minimum atomic E-state index is -5.08. The lowest BCUT2D eigenvalue weighted by Gasteiger charge is -2.32. The van der Waals surface area contributed by atoms with E-state index in [9.17, 15) is 18.0 Å². The van der Waals surface area contributed by atoms with E-state index in [1.54, 1.807) is 19.4 Å². The molecule has 2 heterocycles. The van der Waals surface area contributed by atoms with Gasteiger partial charge in [0.15, 0.2) is 0 Å². The number of halogens is 3. The van der Waals surface area contributed by atoms with Crippen LogP contribution in [0, 0.1) is 0 Å². The normalized spacial score (nSPS) is 19.7. The molecule has 1 aliphatic carbocycles. The first kappa shape index (κ1) is 22.8. The second-order valence-electron chi connectivity index (χ2n) is 7.65. The number of nitrogens with one attached hydrogen (secondary N) is 2. The summed E-state index contributed by atoms with van der Waals surface area (Å²) in [6.07, 6.45) is 2.42. The Hall–Kier alpha value is -2.88. The third kappa shape index (κ3) is 5.07. The lowest BCUT2D eigenvalue weighted by molar-refractivity contribution is -0.192. The highest BCUT2D eigenvalue weighted by Crippen LogP contribution is 2.37. The zero-order valence-electron chi connectivity index (χ0n) is 17.0. The summed E-state index contributed by atoms with van der Waals surface area (Å²) in [4.78, 5) is 26.2. The van der Waals surface area contributed by atoms with Gasteiger partial charge in [-0.3, -0.25) is 9.78 Å². The predicted molar refractivity (Wildman–Crippen MR) is 107 cm³/mol. The standard InChI is InChI=1S/C19H23N3O2.C2HF3O2/c1-24-13-4-5-14-15(6-10-20-16(14)12-13)18(23)22-17-7-11-21-19(17)8-2-3-9-19;3-2(4,5)1(6)7/h4-6,10,12,17,21H,2-3,7-9,11H2,1H3,(H,22,23);(H,6,7). The molecule has 2 aliphatic rings. The van der Waals surface area contributed by atoms with Crippen LogP contribution < -0.4 is 15.4 Å². The number of carbonyl (C=O) groups is 2. The number of alkyl halides is 3. The minimum Gasteiger partial charge on any atom is -0.497 e. The van der Waals surface area contributed by atoms with Crippen LogP contribution in [0.3, 0.4) is 0 Å². The fraction of sp³-hybridized carbons (Fsp3) is 0.476. The van der Waals surface area contributed by atoms with Crippen LogP contribution in [0.2, 0.25) is 0 Å². The van der Waals surface area contributed by atoms with Gasteiger partial charge in [-0.15, -0.1) is 0 Å². The smallest absolute Gasteiger partial charge is 0.490 e. The summed E-state index contributed by atoms with van der Waals surface area (Å²) in [5.41, 5.74) is 1.58. The van der Waals surface area contributed by atoms with Crippen molar-refractivity contribution in [1.29, 1.82) is 0 Å². The van der Waals surface area contributed by atoms with Crippen molar-refractivity contribution in [3.8, 4) is 5.75 Å². The summed E-state index contributed by atoms with van der Waals surface area (Å²) < 4.78 is 37.0. The number of pyridine rings is 1. The van der Waals surface area contributed by atoms with Crippen LogP contribution in [0.5, 0.6) is 5.75 Å². The maximum absolute atomic E-state index is 12.9. The number of carboxylic acid groups (broad SMARTS) is 1. The van der Waals surface area contributed by atoms with Crippen molar-refractivity contribution in [2.45, 2.75) is 49.9 Å². The number of carbonyl (C=O) groups excluding carboxylic acids is 1. The van der Waals surface area contributed by atoms with Crippen LogP contribution in [-0.2, 0) is 4.79 Å². The Morgan fingerprint density at radius 2 is 1.94 bits per heavy atom. The molecule has 1 spiro atoms. The molecule has 3 N–H and O–H groups in total. The molecule has 168 valence electrons. The van der Waals surface area contributed by atoms with Gasteiger partial charge in [0.1, 0.15) is 5.75 Å². The summed E-state index contributed by atoms with van der Waals surface area (Å²) in [5, 5.41) is 14.9. The van der Waals surface area contributed by atoms with Crippen LogP contribution in [0.25, 0.3) is 10.9 Å². The number of carboxylic acids is 1. The molecule has 4 rings (SSSR count). The number of rotatable bonds is 3. The summed E-state index contributed by atoms with van der Waals surface area (Å²) in [6, 6.07) is 7.66. The quantitative estimate of drug-likeness (QED) is 0.679. The molecule has 1 aromatic heterocycles. The summed E-state index contributed by atoms with van der Waals surface area (Å²) in [5.74, 6) is -2.02. The van der Waals surface area contributed by atoms with E-state index in [2.05, 4.69) is 15.6 Å². The SMILES string of the molecule is COc1ccc2c(C(=O)NC3CCNC34CCCC4)ccnc2c1.O=C(O)C(F)(F)F. The number of benzene rings is 1. The third-order valence-electron chi connectivity index (χ3n) is 5.82. The molecule has 1 saturated heterocycles. The van der Waals surface area contributed by atoms with Crippen LogP contribution in [0.15, 0.2) is 30.5 Å². The summed E-state index contributed by atoms with van der Waals surface area (Å²) in [7, 11) is 1.63. The van der Waals surface area contributed by atoms with Crippen molar-refractivity contribution in [1.82, 2.24) is 15.6 Å². The van der Waals surface area contributed by atoms with Crippen LogP contribution in [0.1, 0.15) is 42.5 Å². The number of methoxy groups -OCH3 is 1. The van der Waals surface area contributed by atoms with E-state index in [0.717, 1.165) is 42.5 Å². The van der Waals surface area contributed by atoms with Crippen LogP contribution >= 0.6 is 0 Å². The average Bonchev–Trinajstić information content (AvgIpc) is 3.37. The Kier molecular flexibility index (Phi) is 6.68. The van der Waals surface area contributed by atoms with Crippen molar-refractivity contribution in [3.63, 3.8) is 0 Å². The predicted octanol–water partition coefficient (Wildman–Crippen LogP) is 3.28. The maximum atomic E-state index is 12.9. The van der Waals surface area contributed by atoms with E-state index in [4.69, 9.17) is 14.6 Å². The Balaban J connectivity index is 0.000000339. The molecule has 0 bridgehead atoms. The molecule has 2 fully saturated rings. The first-order valence-electron chi connectivity index (χ1n) is 9.95. The van der Waals surface area contributed by atoms with Crippen molar-refractivity contribution in [2.75, 3.05) is 13.7 Å². The minimum absolute atomic E-state index is 0.00691. The van der Waals surface area contributed by atoms with E-state index < -0.39 is 12.1 Å². The molecule has 10 heteroatoms. The number of hydrogen-bond acceptors (Lipinski definition) is 5. The lowest BCUT2D eigenvalue weighted by atomic mass is 9.90. The van der Waals surface area contributed by atoms with Crippen LogP contribution in [0.4, 0.5) is 13.2 Å².